The van der Waals surface area contributed by atoms with Gasteiger partial charge in [-0.2, -0.15) is 0 Å². The Kier molecular flexibility index (Phi) is 6.98. The molecule has 3 aliphatic rings. The van der Waals surface area contributed by atoms with E-state index in [1.54, 1.807) is 0 Å². The highest BCUT2D eigenvalue weighted by Gasteiger charge is 2.33. The number of carbonyl (C=O) groups is 2. The van der Waals surface area contributed by atoms with Crippen molar-refractivity contribution in [2.24, 2.45) is 5.92 Å². The van der Waals surface area contributed by atoms with Gasteiger partial charge in [0.25, 0.3) is 0 Å². The van der Waals surface area contributed by atoms with Crippen LogP contribution in [0.1, 0.15) is 82.9 Å². The van der Waals surface area contributed by atoms with Crippen molar-refractivity contribution in [1.29, 1.82) is 0 Å². The molecule has 1 N–H and O–H groups in total. The third kappa shape index (κ3) is 5.25. The molecule has 2 amide bonds. The first kappa shape index (κ1) is 22.4. The molecule has 1 heterocycles. The van der Waals surface area contributed by atoms with Crippen LogP contribution in [0.2, 0.25) is 0 Å². The predicted octanol–water partition coefficient (Wildman–Crippen LogP) is 4.60. The second-order valence-electron chi connectivity index (χ2n) is 10.3. The number of hydrogen-bond acceptors (Lipinski definition) is 3. The third-order valence-corrected chi connectivity index (χ3v) is 7.85. The van der Waals surface area contributed by atoms with Crippen molar-refractivity contribution in [3.8, 4) is 0 Å². The van der Waals surface area contributed by atoms with Crippen LogP contribution in [0.15, 0.2) is 24.3 Å². The highest BCUT2D eigenvalue weighted by molar-refractivity contribution is 5.82. The number of carbonyl (C=O) groups excluding carboxylic acids is 2. The Hall–Kier alpha value is -2.37. The van der Waals surface area contributed by atoms with Gasteiger partial charge in [0, 0.05) is 31.0 Å². The van der Waals surface area contributed by atoms with Crippen LogP contribution in [-0.4, -0.2) is 44.9 Å². The lowest BCUT2D eigenvalue weighted by molar-refractivity contribution is -0.138. The molecule has 0 bridgehead atoms. The summed E-state index contributed by atoms with van der Waals surface area (Å²) in [6.07, 6.45) is 14.8. The Labute approximate surface area is 197 Å². The number of benzene rings is 1. The zero-order chi connectivity index (χ0) is 22.6. The van der Waals surface area contributed by atoms with Crippen molar-refractivity contribution in [3.05, 3.63) is 30.1 Å². The largest absolute Gasteiger partial charge is 0.355 e. The van der Waals surface area contributed by atoms with E-state index in [1.807, 2.05) is 18.2 Å². The molecule has 1 aromatic heterocycles. The molecule has 0 atom stereocenters. The van der Waals surface area contributed by atoms with E-state index in [-0.39, 0.29) is 17.7 Å². The summed E-state index contributed by atoms with van der Waals surface area (Å²) in [6.45, 7) is 0.918. The van der Waals surface area contributed by atoms with Gasteiger partial charge in [-0.1, -0.05) is 50.7 Å². The van der Waals surface area contributed by atoms with Gasteiger partial charge in [-0.15, -0.1) is 0 Å². The van der Waals surface area contributed by atoms with Crippen molar-refractivity contribution in [3.63, 3.8) is 0 Å². The molecule has 0 spiro atoms. The highest BCUT2D eigenvalue weighted by atomic mass is 16.2. The van der Waals surface area contributed by atoms with E-state index in [9.17, 15) is 9.59 Å². The van der Waals surface area contributed by atoms with E-state index in [4.69, 9.17) is 4.98 Å². The molecule has 5 rings (SSSR count). The first-order valence-corrected chi connectivity index (χ1v) is 13.2. The van der Waals surface area contributed by atoms with Crippen LogP contribution >= 0.6 is 0 Å². The zero-order valence-corrected chi connectivity index (χ0v) is 19.8. The maximum absolute atomic E-state index is 13.9. The van der Waals surface area contributed by atoms with Crippen LogP contribution in [0.4, 0.5) is 0 Å². The van der Waals surface area contributed by atoms with Gasteiger partial charge in [0.2, 0.25) is 11.8 Å². The van der Waals surface area contributed by atoms with Crippen LogP contribution in [0.3, 0.4) is 0 Å². The molecular formula is C27H38N4O2. The molecular weight excluding hydrogens is 412 g/mol. The fourth-order valence-electron chi connectivity index (χ4n) is 5.92. The van der Waals surface area contributed by atoms with Crippen LogP contribution in [-0.2, 0) is 22.6 Å². The SMILES string of the molecule is O=C(NCCc1nc2ccccc2n1CC(=O)N(C1CCCCC1)C1CCCCC1)C1CC1. The summed E-state index contributed by atoms with van der Waals surface area (Å²) in [5.41, 5.74) is 1.94. The summed E-state index contributed by atoms with van der Waals surface area (Å²) < 4.78 is 2.11. The molecule has 0 saturated heterocycles. The highest BCUT2D eigenvalue weighted by Crippen LogP contribution is 2.31. The van der Waals surface area contributed by atoms with Gasteiger partial charge in [0.1, 0.15) is 12.4 Å². The number of amides is 2. The van der Waals surface area contributed by atoms with Gasteiger partial charge in [0.05, 0.1) is 11.0 Å². The normalized spacial score (nSPS) is 20.1. The Morgan fingerprint density at radius 3 is 2.18 bits per heavy atom. The smallest absolute Gasteiger partial charge is 0.243 e. The monoisotopic (exact) mass is 450 g/mol. The fourth-order valence-corrected chi connectivity index (χ4v) is 5.92. The van der Waals surface area contributed by atoms with Gasteiger partial charge in [-0.3, -0.25) is 9.59 Å². The van der Waals surface area contributed by atoms with Crippen molar-refractivity contribution >= 4 is 22.8 Å². The summed E-state index contributed by atoms with van der Waals surface area (Å²) in [7, 11) is 0. The quantitative estimate of drug-likeness (QED) is 0.639. The van der Waals surface area contributed by atoms with Crippen LogP contribution in [0.25, 0.3) is 11.0 Å². The van der Waals surface area contributed by atoms with Crippen LogP contribution < -0.4 is 5.32 Å². The molecule has 2 aromatic rings. The lowest BCUT2D eigenvalue weighted by Gasteiger charge is -2.42. The lowest BCUT2D eigenvalue weighted by atomic mass is 9.88. The van der Waals surface area contributed by atoms with Gasteiger partial charge in [-0.05, 0) is 50.7 Å². The molecule has 0 unspecified atom stereocenters. The minimum Gasteiger partial charge on any atom is -0.355 e. The lowest BCUT2D eigenvalue weighted by Crippen LogP contribution is -2.50. The van der Waals surface area contributed by atoms with Crippen LogP contribution in [0.5, 0.6) is 0 Å². The van der Waals surface area contributed by atoms with E-state index < -0.39 is 0 Å². The molecule has 1 aromatic carbocycles. The number of rotatable bonds is 8. The van der Waals surface area contributed by atoms with E-state index in [2.05, 4.69) is 20.9 Å². The molecule has 6 heteroatoms. The summed E-state index contributed by atoms with van der Waals surface area (Å²) in [5.74, 6) is 1.52. The molecule has 33 heavy (non-hydrogen) atoms. The minimum absolute atomic E-state index is 0.162. The number of fused-ring (bicyclic) bond motifs is 1. The molecule has 3 saturated carbocycles. The number of nitrogens with one attached hydrogen (secondary N) is 1. The average molecular weight is 451 g/mol. The van der Waals surface area contributed by atoms with Gasteiger partial charge >= 0.3 is 0 Å². The maximum atomic E-state index is 13.9. The molecule has 178 valence electrons. The summed E-state index contributed by atoms with van der Waals surface area (Å²) in [6, 6.07) is 8.88. The number of para-hydroxylation sites is 2. The summed E-state index contributed by atoms with van der Waals surface area (Å²) in [4.78, 5) is 33.1. The standard InChI is InChI=1S/C27H38N4O2/c32-26(31(21-9-3-1-4-10-21)22-11-5-2-6-12-22)19-30-24-14-8-7-13-23(24)29-25(30)17-18-28-27(33)20-15-16-20/h7-8,13-14,20-22H,1-6,9-12,15-19H2,(H,28,33). The first-order chi connectivity index (χ1) is 16.2. The topological polar surface area (TPSA) is 67.2 Å². The number of imidazole rings is 1. The van der Waals surface area contributed by atoms with Crippen molar-refractivity contribution in [2.45, 2.75) is 102 Å². The van der Waals surface area contributed by atoms with E-state index in [1.165, 1.54) is 38.5 Å². The molecule has 0 radical (unpaired) electrons. The van der Waals surface area contributed by atoms with Crippen molar-refractivity contribution in [2.75, 3.05) is 6.54 Å². The Bertz CT molecular complexity index is 950. The Morgan fingerprint density at radius 2 is 1.55 bits per heavy atom. The number of nitrogens with zero attached hydrogens (tertiary/aromatic N) is 3. The first-order valence-electron chi connectivity index (χ1n) is 13.2. The zero-order valence-electron chi connectivity index (χ0n) is 19.8. The maximum Gasteiger partial charge on any atom is 0.243 e. The van der Waals surface area contributed by atoms with Gasteiger partial charge < -0.3 is 14.8 Å². The number of hydrogen-bond donors (Lipinski definition) is 1. The second kappa shape index (κ2) is 10.3. The van der Waals surface area contributed by atoms with Gasteiger partial charge in [0.15, 0.2) is 0 Å². The summed E-state index contributed by atoms with van der Waals surface area (Å²) >= 11 is 0. The second-order valence-corrected chi connectivity index (χ2v) is 10.3. The van der Waals surface area contributed by atoms with E-state index in [0.717, 1.165) is 55.4 Å². The number of aromatic nitrogens is 2. The Balaban J connectivity index is 1.36. The van der Waals surface area contributed by atoms with Crippen LogP contribution in [0, 0.1) is 5.92 Å². The molecule has 3 aliphatic carbocycles. The third-order valence-electron chi connectivity index (χ3n) is 7.85. The van der Waals surface area contributed by atoms with Crippen molar-refractivity contribution < 1.29 is 9.59 Å². The van der Waals surface area contributed by atoms with E-state index in [0.29, 0.717) is 31.6 Å². The molecule has 6 nitrogen and oxygen atoms in total. The predicted molar refractivity (Wildman–Crippen MR) is 130 cm³/mol. The Morgan fingerprint density at radius 1 is 0.909 bits per heavy atom. The fraction of sp³-hybridized carbons (Fsp3) is 0.667. The van der Waals surface area contributed by atoms with Crippen molar-refractivity contribution in [1.82, 2.24) is 19.8 Å². The van der Waals surface area contributed by atoms with Gasteiger partial charge in [-0.25, -0.2) is 4.98 Å². The average Bonchev–Trinajstić information content (AvgIpc) is 3.65. The molecule has 0 aliphatic heterocycles. The minimum atomic E-state index is 0.162. The molecule has 3 fully saturated rings. The van der Waals surface area contributed by atoms with E-state index >= 15 is 0 Å². The summed E-state index contributed by atoms with van der Waals surface area (Å²) in [5, 5.41) is 3.06.